The first-order valence-corrected chi connectivity index (χ1v) is 3.79. The molecule has 0 atom stereocenters. The van der Waals surface area contributed by atoms with Crippen LogP contribution in [0.15, 0.2) is 30.3 Å². The molecule has 0 fully saturated rings. The fourth-order valence-electron chi connectivity index (χ4n) is 0.795. The van der Waals surface area contributed by atoms with Crippen molar-refractivity contribution in [2.75, 3.05) is 6.67 Å². The molecule has 0 radical (unpaired) electrons. The minimum atomic E-state index is -0.615. The molecule has 0 saturated carbocycles. The van der Waals surface area contributed by atoms with Gasteiger partial charge < -0.3 is 0 Å². The maximum Gasteiger partial charge on any atom is 0.123 e. The first-order valence-electron chi connectivity index (χ1n) is 3.41. The number of alkyl halides is 1. The molecule has 0 aliphatic carbocycles. The molecule has 0 aromatic heterocycles. The molecule has 1 aromatic rings. The Morgan fingerprint density at radius 1 is 1.33 bits per heavy atom. The Morgan fingerprint density at radius 2 is 1.92 bits per heavy atom. The summed E-state index contributed by atoms with van der Waals surface area (Å²) < 4.78 is 24.2. The maximum absolute atomic E-state index is 12.4. The van der Waals surface area contributed by atoms with E-state index in [1.807, 2.05) is 0 Å². The van der Waals surface area contributed by atoms with Crippen LogP contribution < -0.4 is 0 Å². The number of halogens is 3. The van der Waals surface area contributed by atoms with E-state index in [0.717, 1.165) is 0 Å². The Morgan fingerprint density at radius 3 is 2.42 bits per heavy atom. The second-order valence-electron chi connectivity index (χ2n) is 2.21. The summed E-state index contributed by atoms with van der Waals surface area (Å²) >= 11 is 5.66. The number of benzene rings is 1. The minimum Gasteiger partial charge on any atom is -0.247 e. The van der Waals surface area contributed by atoms with E-state index in [4.69, 9.17) is 11.6 Å². The summed E-state index contributed by atoms with van der Waals surface area (Å²) in [7, 11) is 0. The van der Waals surface area contributed by atoms with E-state index in [-0.39, 0.29) is 5.82 Å². The van der Waals surface area contributed by atoms with Gasteiger partial charge >= 0.3 is 0 Å². The van der Waals surface area contributed by atoms with Crippen LogP contribution in [0.5, 0.6) is 0 Å². The van der Waals surface area contributed by atoms with Crippen LogP contribution in [0.2, 0.25) is 0 Å². The summed E-state index contributed by atoms with van der Waals surface area (Å²) in [6, 6.07) is 5.57. The Hall–Kier alpha value is -0.890. The van der Waals surface area contributed by atoms with Crippen LogP contribution in [-0.4, -0.2) is 6.67 Å². The van der Waals surface area contributed by atoms with Gasteiger partial charge in [-0.25, -0.2) is 8.78 Å². The lowest BCUT2D eigenvalue weighted by Crippen LogP contribution is -1.79. The van der Waals surface area contributed by atoms with Crippen molar-refractivity contribution in [3.05, 3.63) is 41.7 Å². The number of allylic oxidation sites excluding steroid dienone is 1. The predicted molar refractivity (Wildman–Crippen MR) is 46.2 cm³/mol. The minimum absolute atomic E-state index is 0.303. The van der Waals surface area contributed by atoms with Crippen molar-refractivity contribution in [3.63, 3.8) is 0 Å². The fourth-order valence-corrected chi connectivity index (χ4v) is 0.979. The Balaban J connectivity index is 2.89. The first-order chi connectivity index (χ1) is 5.74. The average molecular weight is 189 g/mol. The van der Waals surface area contributed by atoms with E-state index >= 15 is 0 Å². The summed E-state index contributed by atoms with van der Waals surface area (Å²) in [6.45, 7) is -0.615. The molecule has 1 aromatic carbocycles. The highest BCUT2D eigenvalue weighted by atomic mass is 35.5. The van der Waals surface area contributed by atoms with Gasteiger partial charge in [-0.1, -0.05) is 23.7 Å². The lowest BCUT2D eigenvalue weighted by Gasteiger charge is -1.96. The molecule has 0 nitrogen and oxygen atoms in total. The van der Waals surface area contributed by atoms with Crippen molar-refractivity contribution in [2.24, 2.45) is 0 Å². The quantitative estimate of drug-likeness (QED) is 0.668. The molecule has 0 unspecified atom stereocenters. The molecular weight excluding hydrogens is 182 g/mol. The zero-order valence-corrected chi connectivity index (χ0v) is 6.98. The van der Waals surface area contributed by atoms with E-state index in [0.29, 0.717) is 10.6 Å². The molecule has 0 N–H and O–H groups in total. The van der Waals surface area contributed by atoms with E-state index in [2.05, 4.69) is 0 Å². The SMILES string of the molecule is FCC=C(Cl)c1ccc(F)cc1. The van der Waals surface area contributed by atoms with Crippen LogP contribution in [0, 0.1) is 5.82 Å². The maximum atomic E-state index is 12.4. The highest BCUT2D eigenvalue weighted by Gasteiger charge is 1.96. The second-order valence-corrected chi connectivity index (χ2v) is 2.62. The van der Waals surface area contributed by atoms with E-state index in [9.17, 15) is 8.78 Å². The number of rotatable bonds is 2. The van der Waals surface area contributed by atoms with Crippen molar-refractivity contribution < 1.29 is 8.78 Å². The Labute approximate surface area is 74.5 Å². The van der Waals surface area contributed by atoms with Crippen molar-refractivity contribution in [3.8, 4) is 0 Å². The van der Waals surface area contributed by atoms with Crippen molar-refractivity contribution in [1.29, 1.82) is 0 Å². The summed E-state index contributed by atoms with van der Waals surface area (Å²) in [5, 5.41) is 0.303. The highest BCUT2D eigenvalue weighted by molar-refractivity contribution is 6.48. The van der Waals surface area contributed by atoms with Gasteiger partial charge in [0.2, 0.25) is 0 Å². The second kappa shape index (κ2) is 4.21. The van der Waals surface area contributed by atoms with Crippen LogP contribution in [0.4, 0.5) is 8.78 Å². The van der Waals surface area contributed by atoms with E-state index < -0.39 is 6.67 Å². The molecule has 0 aliphatic rings. The third kappa shape index (κ3) is 2.31. The van der Waals surface area contributed by atoms with Gasteiger partial charge in [-0.15, -0.1) is 0 Å². The van der Waals surface area contributed by atoms with Gasteiger partial charge in [-0.3, -0.25) is 0 Å². The zero-order chi connectivity index (χ0) is 8.97. The van der Waals surface area contributed by atoms with Crippen molar-refractivity contribution in [2.45, 2.75) is 0 Å². The number of hydrogen-bond acceptors (Lipinski definition) is 0. The molecule has 0 spiro atoms. The van der Waals surface area contributed by atoms with Gasteiger partial charge in [0, 0.05) is 5.03 Å². The molecular formula is C9H7ClF2. The smallest absolute Gasteiger partial charge is 0.123 e. The molecule has 3 heteroatoms. The lowest BCUT2D eigenvalue weighted by atomic mass is 10.2. The van der Waals surface area contributed by atoms with Gasteiger partial charge in [-0.05, 0) is 23.8 Å². The molecule has 0 saturated heterocycles. The summed E-state index contributed by atoms with van der Waals surface area (Å²) in [6.07, 6.45) is 1.23. The molecule has 12 heavy (non-hydrogen) atoms. The standard InChI is InChI=1S/C9H7ClF2/c10-9(5-6-11)7-1-3-8(12)4-2-7/h1-5H,6H2. The topological polar surface area (TPSA) is 0 Å². The van der Waals surface area contributed by atoms with E-state index in [1.54, 1.807) is 0 Å². The van der Waals surface area contributed by atoms with Crippen molar-refractivity contribution >= 4 is 16.6 Å². The van der Waals surface area contributed by atoms with Crippen molar-refractivity contribution in [1.82, 2.24) is 0 Å². The molecule has 1 rings (SSSR count). The largest absolute Gasteiger partial charge is 0.247 e. The van der Waals surface area contributed by atoms with Gasteiger partial charge in [0.25, 0.3) is 0 Å². The molecule has 0 aliphatic heterocycles. The summed E-state index contributed by atoms with van der Waals surface area (Å²) in [4.78, 5) is 0. The van der Waals surface area contributed by atoms with E-state index in [1.165, 1.54) is 30.3 Å². The Kier molecular flexibility index (Phi) is 3.23. The highest BCUT2D eigenvalue weighted by Crippen LogP contribution is 2.18. The third-order valence-electron chi connectivity index (χ3n) is 1.38. The summed E-state index contributed by atoms with van der Waals surface area (Å²) in [5.74, 6) is -0.330. The summed E-state index contributed by atoms with van der Waals surface area (Å²) in [5.41, 5.74) is 0.621. The Bertz CT molecular complexity index is 277. The van der Waals surface area contributed by atoms with Crippen LogP contribution in [0.25, 0.3) is 5.03 Å². The fraction of sp³-hybridized carbons (Fsp3) is 0.111. The van der Waals surface area contributed by atoms with Crippen LogP contribution in [0.3, 0.4) is 0 Å². The third-order valence-corrected chi connectivity index (χ3v) is 1.75. The normalized spacial score (nSPS) is 11.8. The van der Waals surface area contributed by atoms with Gasteiger partial charge in [0.1, 0.15) is 12.5 Å². The molecule has 0 heterocycles. The monoisotopic (exact) mass is 188 g/mol. The zero-order valence-electron chi connectivity index (χ0n) is 6.23. The van der Waals surface area contributed by atoms with Crippen LogP contribution in [0.1, 0.15) is 5.56 Å². The predicted octanol–water partition coefficient (Wildman–Crippen LogP) is 3.37. The molecule has 64 valence electrons. The van der Waals surface area contributed by atoms with Crippen LogP contribution in [-0.2, 0) is 0 Å². The van der Waals surface area contributed by atoms with Gasteiger partial charge in [-0.2, -0.15) is 0 Å². The molecule has 0 bridgehead atoms. The average Bonchev–Trinajstić information content (AvgIpc) is 2.06. The van der Waals surface area contributed by atoms with Gasteiger partial charge in [0.15, 0.2) is 0 Å². The first kappa shape index (κ1) is 9.20. The van der Waals surface area contributed by atoms with Crippen LogP contribution >= 0.6 is 11.6 Å². The van der Waals surface area contributed by atoms with Gasteiger partial charge in [0.05, 0.1) is 0 Å². The number of hydrogen-bond donors (Lipinski definition) is 0. The lowest BCUT2D eigenvalue weighted by molar-refractivity contribution is 0.563. The molecule has 0 amide bonds.